The Hall–Kier alpha value is -2.79. The van der Waals surface area contributed by atoms with Crippen molar-refractivity contribution in [2.75, 3.05) is 0 Å². The van der Waals surface area contributed by atoms with E-state index in [1.165, 1.54) is 6.20 Å². The molecule has 2 aromatic carbocycles. The van der Waals surface area contributed by atoms with Crippen molar-refractivity contribution in [3.63, 3.8) is 0 Å². The van der Waals surface area contributed by atoms with E-state index in [9.17, 15) is 9.90 Å². The SMILES string of the molecule is Cc1cc(C=Cc2ncc(C(=O)Sc3ccccc3)o2)cc(C)c1O. The molecular weight excluding hydrogens is 334 g/mol. The van der Waals surface area contributed by atoms with E-state index in [-0.39, 0.29) is 10.9 Å². The Morgan fingerprint density at radius 1 is 1.12 bits per heavy atom. The van der Waals surface area contributed by atoms with Gasteiger partial charge in [0.15, 0.2) is 0 Å². The third kappa shape index (κ3) is 4.19. The number of aromatic hydroxyl groups is 1. The van der Waals surface area contributed by atoms with Crippen molar-refractivity contribution in [3.05, 3.63) is 77.0 Å². The van der Waals surface area contributed by atoms with E-state index in [4.69, 9.17) is 4.42 Å². The molecule has 3 rings (SSSR count). The number of benzene rings is 2. The van der Waals surface area contributed by atoms with Gasteiger partial charge < -0.3 is 9.52 Å². The second-order valence-electron chi connectivity index (χ2n) is 5.60. The maximum Gasteiger partial charge on any atom is 0.261 e. The summed E-state index contributed by atoms with van der Waals surface area (Å²) in [6.07, 6.45) is 4.98. The van der Waals surface area contributed by atoms with Crippen LogP contribution in [0.15, 0.2) is 58.0 Å². The third-order valence-electron chi connectivity index (χ3n) is 3.61. The number of carbonyl (C=O) groups is 1. The highest BCUT2D eigenvalue weighted by Gasteiger charge is 2.13. The zero-order chi connectivity index (χ0) is 17.8. The summed E-state index contributed by atoms with van der Waals surface area (Å²) in [6, 6.07) is 13.2. The normalized spacial score (nSPS) is 11.1. The van der Waals surface area contributed by atoms with Crippen molar-refractivity contribution in [1.29, 1.82) is 0 Å². The Labute approximate surface area is 150 Å². The summed E-state index contributed by atoms with van der Waals surface area (Å²) in [5.41, 5.74) is 2.54. The molecule has 3 aromatic rings. The summed E-state index contributed by atoms with van der Waals surface area (Å²) in [5.74, 6) is 0.881. The number of rotatable bonds is 4. The van der Waals surface area contributed by atoms with Crippen molar-refractivity contribution in [3.8, 4) is 5.75 Å². The summed E-state index contributed by atoms with van der Waals surface area (Å²) in [7, 11) is 0. The van der Waals surface area contributed by atoms with Gasteiger partial charge in [-0.25, -0.2) is 4.98 Å². The molecular formula is C20H17NO3S. The molecule has 4 nitrogen and oxygen atoms in total. The third-order valence-corrected chi connectivity index (χ3v) is 4.50. The van der Waals surface area contributed by atoms with E-state index in [0.29, 0.717) is 11.6 Å². The molecule has 0 aliphatic rings. The van der Waals surface area contributed by atoms with Crippen LogP contribution < -0.4 is 0 Å². The first-order valence-electron chi connectivity index (χ1n) is 7.74. The van der Waals surface area contributed by atoms with Gasteiger partial charge >= 0.3 is 0 Å². The zero-order valence-electron chi connectivity index (χ0n) is 13.9. The monoisotopic (exact) mass is 351 g/mol. The molecule has 126 valence electrons. The molecule has 0 aliphatic carbocycles. The fourth-order valence-corrected chi connectivity index (χ4v) is 3.06. The zero-order valence-corrected chi connectivity index (χ0v) is 14.7. The minimum atomic E-state index is -0.185. The molecule has 1 N–H and O–H groups in total. The molecule has 0 fully saturated rings. The average molecular weight is 351 g/mol. The van der Waals surface area contributed by atoms with Crippen LogP contribution in [0, 0.1) is 13.8 Å². The quantitative estimate of drug-likeness (QED) is 0.663. The summed E-state index contributed by atoms with van der Waals surface area (Å²) in [5, 5.41) is 9.62. The lowest BCUT2D eigenvalue weighted by atomic mass is 10.1. The van der Waals surface area contributed by atoms with E-state index < -0.39 is 0 Å². The van der Waals surface area contributed by atoms with Crippen LogP contribution in [0.1, 0.15) is 33.1 Å². The second-order valence-corrected chi connectivity index (χ2v) is 6.65. The van der Waals surface area contributed by atoms with Gasteiger partial charge in [-0.2, -0.15) is 0 Å². The van der Waals surface area contributed by atoms with E-state index in [2.05, 4.69) is 4.98 Å². The number of phenols is 1. The topological polar surface area (TPSA) is 63.3 Å². The molecule has 0 unspecified atom stereocenters. The molecule has 1 heterocycles. The van der Waals surface area contributed by atoms with Gasteiger partial charge in [0, 0.05) is 11.0 Å². The lowest BCUT2D eigenvalue weighted by Crippen LogP contribution is -1.89. The van der Waals surface area contributed by atoms with Crippen LogP contribution in [0.25, 0.3) is 12.2 Å². The fraction of sp³-hybridized carbons (Fsp3) is 0.100. The van der Waals surface area contributed by atoms with Gasteiger partial charge in [-0.3, -0.25) is 4.79 Å². The summed E-state index contributed by atoms with van der Waals surface area (Å²) in [4.78, 5) is 17.2. The number of oxazole rings is 1. The lowest BCUT2D eigenvalue weighted by molar-refractivity contribution is 0.106. The standard InChI is InChI=1S/C20H17NO3S/c1-13-10-15(11-14(2)19(13)22)8-9-18-21-12-17(24-18)20(23)25-16-6-4-3-5-7-16/h3-12,22H,1-2H3. The number of nitrogens with zero attached hydrogens (tertiary/aromatic N) is 1. The van der Waals surface area contributed by atoms with Crippen molar-refractivity contribution in [2.45, 2.75) is 18.7 Å². The predicted molar refractivity (Wildman–Crippen MR) is 99.6 cm³/mol. The van der Waals surface area contributed by atoms with Crippen LogP contribution >= 0.6 is 11.8 Å². The Morgan fingerprint density at radius 2 is 1.80 bits per heavy atom. The summed E-state index contributed by atoms with van der Waals surface area (Å²) < 4.78 is 5.51. The van der Waals surface area contributed by atoms with Crippen molar-refractivity contribution in [1.82, 2.24) is 4.98 Å². The van der Waals surface area contributed by atoms with Gasteiger partial charge in [-0.1, -0.05) is 18.2 Å². The van der Waals surface area contributed by atoms with Crippen LogP contribution in [-0.4, -0.2) is 15.2 Å². The lowest BCUT2D eigenvalue weighted by Gasteiger charge is -2.04. The summed E-state index contributed by atoms with van der Waals surface area (Å²) >= 11 is 1.11. The van der Waals surface area contributed by atoms with Crippen LogP contribution in [0.4, 0.5) is 0 Å². The molecule has 0 amide bonds. The average Bonchev–Trinajstić information content (AvgIpc) is 3.08. The number of thioether (sulfide) groups is 1. The van der Waals surface area contributed by atoms with Gasteiger partial charge in [-0.15, -0.1) is 0 Å². The van der Waals surface area contributed by atoms with Crippen LogP contribution in [-0.2, 0) is 0 Å². The molecule has 25 heavy (non-hydrogen) atoms. The number of hydrogen-bond donors (Lipinski definition) is 1. The maximum atomic E-state index is 12.2. The van der Waals surface area contributed by atoms with Crippen molar-refractivity contribution < 1.29 is 14.3 Å². The largest absolute Gasteiger partial charge is 0.507 e. The van der Waals surface area contributed by atoms with Gasteiger partial charge in [0.25, 0.3) is 5.12 Å². The fourth-order valence-electron chi connectivity index (χ4n) is 2.36. The van der Waals surface area contributed by atoms with Crippen LogP contribution in [0.3, 0.4) is 0 Å². The van der Waals surface area contributed by atoms with Crippen molar-refractivity contribution >= 4 is 29.0 Å². The molecule has 1 aromatic heterocycles. The minimum Gasteiger partial charge on any atom is -0.507 e. The van der Waals surface area contributed by atoms with Gasteiger partial charge in [0.1, 0.15) is 5.75 Å². The Kier molecular flexibility index (Phi) is 5.05. The first-order chi connectivity index (χ1) is 12.0. The smallest absolute Gasteiger partial charge is 0.261 e. The number of carbonyl (C=O) groups excluding carboxylic acids is 1. The van der Waals surface area contributed by atoms with E-state index in [1.807, 2.05) is 62.4 Å². The first kappa shape index (κ1) is 17.0. The first-order valence-corrected chi connectivity index (χ1v) is 8.56. The number of aromatic nitrogens is 1. The molecule has 0 radical (unpaired) electrons. The van der Waals surface area contributed by atoms with E-state index in [1.54, 1.807) is 6.08 Å². The Balaban J connectivity index is 1.72. The van der Waals surface area contributed by atoms with Crippen molar-refractivity contribution in [2.24, 2.45) is 0 Å². The van der Waals surface area contributed by atoms with Gasteiger partial charge in [-0.05, 0) is 72.6 Å². The molecule has 0 aliphatic heterocycles. The highest BCUT2D eigenvalue weighted by Crippen LogP contribution is 2.25. The molecule has 0 bridgehead atoms. The Bertz CT molecular complexity index is 906. The second kappa shape index (κ2) is 7.40. The molecule has 5 heteroatoms. The predicted octanol–water partition coefficient (Wildman–Crippen LogP) is 5.10. The number of hydrogen-bond acceptors (Lipinski definition) is 5. The number of phenolic OH excluding ortho intramolecular Hbond substituents is 1. The van der Waals surface area contributed by atoms with E-state index >= 15 is 0 Å². The highest BCUT2D eigenvalue weighted by molar-refractivity contribution is 8.14. The minimum absolute atomic E-state index is 0.185. The van der Waals surface area contributed by atoms with Crippen LogP contribution in [0.2, 0.25) is 0 Å². The molecule has 0 saturated carbocycles. The highest BCUT2D eigenvalue weighted by atomic mass is 32.2. The molecule has 0 saturated heterocycles. The van der Waals surface area contributed by atoms with Gasteiger partial charge in [0.05, 0.1) is 6.20 Å². The van der Waals surface area contributed by atoms with Gasteiger partial charge in [0.2, 0.25) is 11.7 Å². The Morgan fingerprint density at radius 3 is 2.48 bits per heavy atom. The maximum absolute atomic E-state index is 12.2. The summed E-state index contributed by atoms with van der Waals surface area (Å²) in [6.45, 7) is 3.70. The van der Waals surface area contributed by atoms with Crippen LogP contribution in [0.5, 0.6) is 5.75 Å². The van der Waals surface area contributed by atoms with E-state index in [0.717, 1.165) is 33.3 Å². The molecule has 0 spiro atoms. The molecule has 0 atom stereocenters. The number of aryl methyl sites for hydroxylation is 2.